The highest BCUT2D eigenvalue weighted by atomic mass is 16.3. The first-order valence-corrected chi connectivity index (χ1v) is 16.0. The summed E-state index contributed by atoms with van der Waals surface area (Å²) in [5, 5.41) is 32.7. The number of allylic oxidation sites excluding steroid dienone is 7. The van der Waals surface area contributed by atoms with Gasteiger partial charge >= 0.3 is 0 Å². The Morgan fingerprint density at radius 2 is 1.08 bits per heavy atom. The first-order valence-electron chi connectivity index (χ1n) is 16.0. The Morgan fingerprint density at radius 3 is 1.62 bits per heavy atom. The number of aliphatic hydroxyl groups is 3. The fraction of sp³-hybridized carbons (Fsp3) is 0.735. The molecule has 0 spiro atoms. The van der Waals surface area contributed by atoms with Gasteiger partial charge in [0, 0.05) is 0 Å². The normalized spacial score (nSPS) is 14.7. The van der Waals surface area contributed by atoms with Crippen molar-refractivity contribution in [3.63, 3.8) is 0 Å². The van der Waals surface area contributed by atoms with Crippen LogP contribution in [0.25, 0.3) is 0 Å². The van der Waals surface area contributed by atoms with Crippen molar-refractivity contribution in [2.45, 2.75) is 154 Å². The lowest BCUT2D eigenvalue weighted by Gasteiger charge is -2.21. The fourth-order valence-electron chi connectivity index (χ4n) is 4.25. The second-order valence-electron chi connectivity index (χ2n) is 10.6. The highest BCUT2D eigenvalue weighted by Gasteiger charge is 2.22. The summed E-state index contributed by atoms with van der Waals surface area (Å²) in [6.07, 6.45) is 35.5. The zero-order valence-electron chi connectivity index (χ0n) is 25.2. The maximum absolute atomic E-state index is 12.3. The maximum Gasteiger partial charge on any atom is 0.249 e. The third-order valence-electron chi connectivity index (χ3n) is 6.87. The predicted molar refractivity (Wildman–Crippen MR) is 167 cm³/mol. The minimum atomic E-state index is -1.12. The van der Waals surface area contributed by atoms with Crippen LogP contribution in [-0.2, 0) is 4.79 Å². The lowest BCUT2D eigenvalue weighted by atomic mass is 10.1. The van der Waals surface area contributed by atoms with Gasteiger partial charge in [0.1, 0.15) is 6.10 Å². The summed E-state index contributed by atoms with van der Waals surface area (Å²) in [6.45, 7) is 4.06. The molecule has 0 heterocycles. The van der Waals surface area contributed by atoms with E-state index in [9.17, 15) is 20.1 Å². The Bertz CT molecular complexity index is 656. The first-order chi connectivity index (χ1) is 19.1. The minimum Gasteiger partial charge on any atom is -0.394 e. The second-order valence-corrected chi connectivity index (χ2v) is 10.6. The van der Waals surface area contributed by atoms with E-state index in [2.05, 4.69) is 55.6 Å². The summed E-state index contributed by atoms with van der Waals surface area (Å²) in [5.41, 5.74) is 0. The summed E-state index contributed by atoms with van der Waals surface area (Å²) >= 11 is 0. The van der Waals surface area contributed by atoms with E-state index < -0.39 is 24.2 Å². The van der Waals surface area contributed by atoms with Crippen molar-refractivity contribution < 1.29 is 20.1 Å². The van der Waals surface area contributed by atoms with Crippen LogP contribution in [0.15, 0.2) is 48.6 Å². The second kappa shape index (κ2) is 29.3. The molecule has 5 nitrogen and oxygen atoms in total. The molecule has 0 aromatic carbocycles. The van der Waals surface area contributed by atoms with E-state index in [1.54, 1.807) is 6.08 Å². The summed E-state index contributed by atoms with van der Waals surface area (Å²) in [6, 6.07) is -0.822. The van der Waals surface area contributed by atoms with Gasteiger partial charge in [-0.3, -0.25) is 4.79 Å². The number of amides is 1. The van der Waals surface area contributed by atoms with E-state index in [0.717, 1.165) is 64.2 Å². The largest absolute Gasteiger partial charge is 0.394 e. The molecule has 5 heteroatoms. The number of carbonyl (C=O) groups excluding carboxylic acids is 1. The lowest BCUT2D eigenvalue weighted by Crippen LogP contribution is -2.48. The number of nitrogens with one attached hydrogen (secondary N) is 1. The van der Waals surface area contributed by atoms with Crippen LogP contribution in [0, 0.1) is 0 Å². The minimum absolute atomic E-state index is 0.387. The van der Waals surface area contributed by atoms with Crippen molar-refractivity contribution in [3.8, 4) is 0 Å². The number of hydrogen-bond donors (Lipinski definition) is 4. The Hall–Kier alpha value is -1.69. The molecule has 4 N–H and O–H groups in total. The number of rotatable bonds is 27. The molecular formula is C34H61NO4. The van der Waals surface area contributed by atoms with Crippen LogP contribution >= 0.6 is 0 Å². The van der Waals surface area contributed by atoms with Crippen LogP contribution < -0.4 is 5.32 Å². The number of aliphatic hydroxyl groups excluding tert-OH is 3. The van der Waals surface area contributed by atoms with E-state index in [-0.39, 0.29) is 6.61 Å². The molecule has 0 rings (SSSR count). The van der Waals surface area contributed by atoms with Crippen LogP contribution in [0.5, 0.6) is 0 Å². The van der Waals surface area contributed by atoms with Crippen molar-refractivity contribution >= 4 is 5.91 Å². The highest BCUT2D eigenvalue weighted by molar-refractivity contribution is 5.80. The standard InChI is InChI=1S/C34H61NO4/c1-3-5-7-9-11-13-15-16-17-18-19-21-22-24-26-28-32(37)31(30-36)35-34(39)33(38)29-27-25-23-20-14-12-10-8-6-4-2/h10,12,15-16,19,21,26,28,31-33,36-38H,3-9,11,13-14,17-18,20,22-25,27,29-30H2,1-2H3,(H,35,39)/b12-10-,16-15+,21-19+,28-26+. The van der Waals surface area contributed by atoms with Crippen molar-refractivity contribution in [3.05, 3.63) is 48.6 Å². The molecule has 0 aromatic heterocycles. The molecule has 0 saturated carbocycles. The number of hydrogen-bond acceptors (Lipinski definition) is 4. The summed E-state index contributed by atoms with van der Waals surface area (Å²) < 4.78 is 0. The quantitative estimate of drug-likeness (QED) is 0.0622. The molecular weight excluding hydrogens is 486 g/mol. The molecule has 0 saturated heterocycles. The zero-order chi connectivity index (χ0) is 28.8. The smallest absolute Gasteiger partial charge is 0.249 e. The van der Waals surface area contributed by atoms with E-state index in [4.69, 9.17) is 0 Å². The molecule has 226 valence electrons. The van der Waals surface area contributed by atoms with Gasteiger partial charge in [-0.2, -0.15) is 0 Å². The summed E-state index contributed by atoms with van der Waals surface area (Å²) in [4.78, 5) is 12.3. The molecule has 0 aliphatic carbocycles. The third-order valence-corrected chi connectivity index (χ3v) is 6.87. The van der Waals surface area contributed by atoms with Crippen molar-refractivity contribution in [2.24, 2.45) is 0 Å². The molecule has 1 amide bonds. The fourth-order valence-corrected chi connectivity index (χ4v) is 4.25. The molecule has 0 aliphatic heterocycles. The van der Waals surface area contributed by atoms with Gasteiger partial charge in [-0.1, -0.05) is 120 Å². The molecule has 39 heavy (non-hydrogen) atoms. The number of unbranched alkanes of at least 4 members (excludes halogenated alkanes) is 13. The van der Waals surface area contributed by atoms with Crippen molar-refractivity contribution in [1.29, 1.82) is 0 Å². The van der Waals surface area contributed by atoms with Crippen LogP contribution in [-0.4, -0.2) is 46.1 Å². The van der Waals surface area contributed by atoms with Crippen LogP contribution in [0.4, 0.5) is 0 Å². The predicted octanol–water partition coefficient (Wildman–Crippen LogP) is 7.86. The Morgan fingerprint density at radius 1 is 0.615 bits per heavy atom. The van der Waals surface area contributed by atoms with E-state index in [0.29, 0.717) is 6.42 Å². The molecule has 0 aliphatic rings. The molecule has 3 unspecified atom stereocenters. The van der Waals surface area contributed by atoms with E-state index in [1.807, 2.05) is 6.08 Å². The van der Waals surface area contributed by atoms with Gasteiger partial charge in [0.05, 0.1) is 18.8 Å². The summed E-state index contributed by atoms with van der Waals surface area (Å²) in [5.74, 6) is -0.533. The van der Waals surface area contributed by atoms with Gasteiger partial charge in [-0.25, -0.2) is 0 Å². The van der Waals surface area contributed by atoms with Crippen molar-refractivity contribution in [1.82, 2.24) is 5.32 Å². The number of carbonyl (C=O) groups is 1. The van der Waals surface area contributed by atoms with Crippen molar-refractivity contribution in [2.75, 3.05) is 6.61 Å². The molecule has 0 bridgehead atoms. The SMILES string of the molecule is CCCC/C=C\CCCCCCC(O)C(=O)NC(CO)C(O)/C=C/CC/C=C/CC/C=C/CCCCCCC. The molecule has 3 atom stereocenters. The molecule has 0 aromatic rings. The topological polar surface area (TPSA) is 89.8 Å². The lowest BCUT2D eigenvalue weighted by molar-refractivity contribution is -0.131. The van der Waals surface area contributed by atoms with Gasteiger partial charge in [0.25, 0.3) is 0 Å². The maximum atomic E-state index is 12.3. The van der Waals surface area contributed by atoms with Gasteiger partial charge < -0.3 is 20.6 Å². The third kappa shape index (κ3) is 25.0. The first kappa shape index (κ1) is 37.3. The van der Waals surface area contributed by atoms with Crippen LogP contribution in [0.1, 0.15) is 136 Å². The molecule has 0 radical (unpaired) electrons. The molecule has 0 fully saturated rings. The highest BCUT2D eigenvalue weighted by Crippen LogP contribution is 2.10. The van der Waals surface area contributed by atoms with Crippen LogP contribution in [0.2, 0.25) is 0 Å². The summed E-state index contributed by atoms with van der Waals surface area (Å²) in [7, 11) is 0. The van der Waals surface area contributed by atoms with E-state index in [1.165, 1.54) is 51.4 Å². The van der Waals surface area contributed by atoms with Gasteiger partial charge in [0.15, 0.2) is 0 Å². The van der Waals surface area contributed by atoms with Gasteiger partial charge in [0.2, 0.25) is 5.91 Å². The van der Waals surface area contributed by atoms with Crippen LogP contribution in [0.3, 0.4) is 0 Å². The van der Waals surface area contributed by atoms with E-state index >= 15 is 0 Å². The van der Waals surface area contributed by atoms with Gasteiger partial charge in [-0.05, 0) is 64.2 Å². The average Bonchev–Trinajstić information content (AvgIpc) is 2.94. The average molecular weight is 548 g/mol. The Labute approximate surface area is 240 Å². The Kier molecular flexibility index (Phi) is 28.0. The zero-order valence-corrected chi connectivity index (χ0v) is 25.2. The monoisotopic (exact) mass is 547 g/mol. The Balaban J connectivity index is 3.94. The van der Waals surface area contributed by atoms with Gasteiger partial charge in [-0.15, -0.1) is 0 Å².